The van der Waals surface area contributed by atoms with Crippen molar-refractivity contribution in [2.24, 2.45) is 23.5 Å². The molecule has 4 N–H and O–H groups in total. The maximum atomic E-state index is 12.7. The number of benzene rings is 1. The number of fused-ring (bicyclic) bond motifs is 2. The molecule has 2 fully saturated rings. The van der Waals surface area contributed by atoms with Gasteiger partial charge in [-0.2, -0.15) is 5.10 Å². The van der Waals surface area contributed by atoms with Crippen LogP contribution in [0.15, 0.2) is 42.7 Å². The van der Waals surface area contributed by atoms with Gasteiger partial charge in [0, 0.05) is 29.8 Å². The number of rotatable bonds is 5. The summed E-state index contributed by atoms with van der Waals surface area (Å²) in [4.78, 5) is 25.1. The standard InChI is InChI=1S/C20H25N5O2.ClH/c1-12(25-9-3-8-22-25)19(26)23-15-4-2-5-16(11-15)24-20(27)17-13-6-7-14(10-13)18(17)21;/h2-5,8-9,11-14,17-18H,6-7,10,21H2,1H3,(H,23,26)(H,24,27);1H. The molecule has 7 nitrogen and oxygen atoms in total. The summed E-state index contributed by atoms with van der Waals surface area (Å²) in [6.45, 7) is 1.78. The zero-order chi connectivity index (χ0) is 19.0. The van der Waals surface area contributed by atoms with E-state index in [9.17, 15) is 9.59 Å². The SMILES string of the molecule is CC(C(=O)Nc1cccc(NC(=O)C2C3CCC(C3)C2N)c1)n1cccn1.Cl. The molecule has 2 aliphatic rings. The number of amides is 2. The number of aromatic nitrogens is 2. The van der Waals surface area contributed by atoms with Crippen LogP contribution in [-0.4, -0.2) is 27.6 Å². The molecule has 1 heterocycles. The molecule has 150 valence electrons. The normalized spacial score (nSPS) is 26.4. The molecule has 1 aromatic carbocycles. The average molecular weight is 404 g/mol. The van der Waals surface area contributed by atoms with E-state index in [1.165, 1.54) is 0 Å². The Morgan fingerprint density at radius 2 is 1.89 bits per heavy atom. The Bertz CT molecular complexity index is 839. The maximum absolute atomic E-state index is 12.7. The van der Waals surface area contributed by atoms with Crippen LogP contribution in [0.1, 0.15) is 32.2 Å². The minimum atomic E-state index is -0.426. The average Bonchev–Trinajstić information content (AvgIpc) is 3.38. The topological polar surface area (TPSA) is 102 Å². The number of halogens is 1. The van der Waals surface area contributed by atoms with Crippen LogP contribution in [0, 0.1) is 17.8 Å². The smallest absolute Gasteiger partial charge is 0.248 e. The Morgan fingerprint density at radius 3 is 2.54 bits per heavy atom. The number of nitrogens with one attached hydrogen (secondary N) is 2. The van der Waals surface area contributed by atoms with Gasteiger partial charge >= 0.3 is 0 Å². The van der Waals surface area contributed by atoms with Crippen LogP contribution in [0.4, 0.5) is 11.4 Å². The Hall–Kier alpha value is -2.38. The number of hydrogen-bond acceptors (Lipinski definition) is 4. The Morgan fingerprint density at radius 1 is 1.18 bits per heavy atom. The molecule has 28 heavy (non-hydrogen) atoms. The van der Waals surface area contributed by atoms with E-state index in [2.05, 4.69) is 15.7 Å². The minimum Gasteiger partial charge on any atom is -0.327 e. The molecule has 4 rings (SSSR count). The predicted molar refractivity (Wildman–Crippen MR) is 110 cm³/mol. The molecule has 0 aliphatic heterocycles. The largest absolute Gasteiger partial charge is 0.327 e. The highest BCUT2D eigenvalue weighted by molar-refractivity contribution is 5.96. The van der Waals surface area contributed by atoms with E-state index < -0.39 is 6.04 Å². The van der Waals surface area contributed by atoms with Crippen LogP contribution in [0.25, 0.3) is 0 Å². The third kappa shape index (κ3) is 3.91. The van der Waals surface area contributed by atoms with Crippen molar-refractivity contribution in [1.29, 1.82) is 0 Å². The summed E-state index contributed by atoms with van der Waals surface area (Å²) in [7, 11) is 0. The Kier molecular flexibility index (Phi) is 6.05. The first-order chi connectivity index (χ1) is 13.0. The first-order valence-electron chi connectivity index (χ1n) is 9.49. The second-order valence-electron chi connectivity index (χ2n) is 7.66. The van der Waals surface area contributed by atoms with Crippen molar-refractivity contribution in [1.82, 2.24) is 9.78 Å². The summed E-state index contributed by atoms with van der Waals surface area (Å²) >= 11 is 0. The number of anilines is 2. The van der Waals surface area contributed by atoms with Crippen molar-refractivity contribution in [2.75, 3.05) is 10.6 Å². The fraction of sp³-hybridized carbons (Fsp3) is 0.450. The molecule has 2 aromatic rings. The third-order valence-corrected chi connectivity index (χ3v) is 5.98. The molecular formula is C20H26ClN5O2. The molecular weight excluding hydrogens is 378 g/mol. The van der Waals surface area contributed by atoms with Crippen molar-refractivity contribution in [3.63, 3.8) is 0 Å². The van der Waals surface area contributed by atoms with E-state index in [0.29, 0.717) is 23.2 Å². The molecule has 5 atom stereocenters. The van der Waals surface area contributed by atoms with Crippen molar-refractivity contribution in [2.45, 2.75) is 38.3 Å². The van der Waals surface area contributed by atoms with Gasteiger partial charge in [0.1, 0.15) is 6.04 Å². The van der Waals surface area contributed by atoms with Crippen molar-refractivity contribution >= 4 is 35.6 Å². The van der Waals surface area contributed by atoms with Gasteiger partial charge < -0.3 is 16.4 Å². The van der Waals surface area contributed by atoms with Crippen LogP contribution in [0.3, 0.4) is 0 Å². The number of carbonyl (C=O) groups excluding carboxylic acids is 2. The van der Waals surface area contributed by atoms with E-state index in [4.69, 9.17) is 5.73 Å². The zero-order valence-electron chi connectivity index (χ0n) is 15.7. The van der Waals surface area contributed by atoms with E-state index in [1.807, 2.05) is 12.1 Å². The first-order valence-corrected chi connectivity index (χ1v) is 9.49. The van der Waals surface area contributed by atoms with E-state index in [-0.39, 0.29) is 36.2 Å². The van der Waals surface area contributed by atoms with E-state index in [1.54, 1.807) is 42.2 Å². The van der Waals surface area contributed by atoms with Gasteiger partial charge in [-0.05, 0) is 62.3 Å². The molecule has 0 radical (unpaired) electrons. The Balaban J connectivity index is 0.00000225. The van der Waals surface area contributed by atoms with Gasteiger partial charge in [-0.25, -0.2) is 0 Å². The zero-order valence-corrected chi connectivity index (χ0v) is 16.6. The number of hydrogen-bond donors (Lipinski definition) is 3. The molecule has 1 aromatic heterocycles. The van der Waals surface area contributed by atoms with Gasteiger partial charge in [-0.15, -0.1) is 12.4 Å². The Labute approximate surface area is 170 Å². The fourth-order valence-corrected chi connectivity index (χ4v) is 4.50. The first kappa shape index (κ1) is 20.4. The molecule has 2 amide bonds. The third-order valence-electron chi connectivity index (χ3n) is 5.98. The monoisotopic (exact) mass is 403 g/mol. The lowest BCUT2D eigenvalue weighted by atomic mass is 9.84. The highest BCUT2D eigenvalue weighted by Crippen LogP contribution is 2.47. The molecule has 8 heteroatoms. The quantitative estimate of drug-likeness (QED) is 0.714. The van der Waals surface area contributed by atoms with Gasteiger partial charge in [-0.1, -0.05) is 6.07 Å². The molecule has 2 aliphatic carbocycles. The lowest BCUT2D eigenvalue weighted by molar-refractivity contribution is -0.122. The van der Waals surface area contributed by atoms with Crippen LogP contribution < -0.4 is 16.4 Å². The molecule has 2 bridgehead atoms. The molecule has 2 saturated carbocycles. The van der Waals surface area contributed by atoms with Crippen LogP contribution in [0.2, 0.25) is 0 Å². The predicted octanol–water partition coefficient (Wildman–Crippen LogP) is 2.82. The van der Waals surface area contributed by atoms with Crippen LogP contribution in [-0.2, 0) is 9.59 Å². The van der Waals surface area contributed by atoms with Crippen molar-refractivity contribution in [3.05, 3.63) is 42.7 Å². The van der Waals surface area contributed by atoms with Crippen LogP contribution >= 0.6 is 12.4 Å². The summed E-state index contributed by atoms with van der Waals surface area (Å²) in [5.41, 5.74) is 7.57. The van der Waals surface area contributed by atoms with Gasteiger partial charge in [0.2, 0.25) is 11.8 Å². The lowest BCUT2D eigenvalue weighted by Crippen LogP contribution is -2.42. The second kappa shape index (κ2) is 8.32. The summed E-state index contributed by atoms with van der Waals surface area (Å²) in [6.07, 6.45) is 6.70. The summed E-state index contributed by atoms with van der Waals surface area (Å²) in [6, 6.07) is 8.51. The highest BCUT2D eigenvalue weighted by Gasteiger charge is 2.49. The second-order valence-corrected chi connectivity index (χ2v) is 7.66. The lowest BCUT2D eigenvalue weighted by Gasteiger charge is -2.27. The van der Waals surface area contributed by atoms with E-state index in [0.717, 1.165) is 19.3 Å². The van der Waals surface area contributed by atoms with Gasteiger partial charge in [-0.3, -0.25) is 14.3 Å². The summed E-state index contributed by atoms with van der Waals surface area (Å²) < 4.78 is 1.59. The maximum Gasteiger partial charge on any atom is 0.248 e. The van der Waals surface area contributed by atoms with E-state index >= 15 is 0 Å². The summed E-state index contributed by atoms with van der Waals surface area (Å²) in [5.74, 6) is 0.602. The van der Waals surface area contributed by atoms with Gasteiger partial charge in [0.15, 0.2) is 0 Å². The molecule has 5 unspecified atom stereocenters. The number of carbonyl (C=O) groups is 2. The minimum absolute atomic E-state index is 0. The molecule has 0 saturated heterocycles. The van der Waals surface area contributed by atoms with Crippen LogP contribution in [0.5, 0.6) is 0 Å². The van der Waals surface area contributed by atoms with Crippen molar-refractivity contribution < 1.29 is 9.59 Å². The summed E-state index contributed by atoms with van der Waals surface area (Å²) in [5, 5.41) is 9.95. The highest BCUT2D eigenvalue weighted by atomic mass is 35.5. The number of nitrogens with two attached hydrogens (primary N) is 1. The van der Waals surface area contributed by atoms with Gasteiger partial charge in [0.25, 0.3) is 0 Å². The molecule has 0 spiro atoms. The van der Waals surface area contributed by atoms with Gasteiger partial charge in [0.05, 0.1) is 5.92 Å². The van der Waals surface area contributed by atoms with Crippen molar-refractivity contribution in [3.8, 4) is 0 Å². The number of nitrogens with zero attached hydrogens (tertiary/aromatic N) is 2. The fourth-order valence-electron chi connectivity index (χ4n) is 4.50.